The van der Waals surface area contributed by atoms with E-state index < -0.39 is 6.17 Å². The number of aromatic nitrogens is 2. The number of hydrogen-bond donors (Lipinski definition) is 5. The first-order valence-electron chi connectivity index (χ1n) is 9.81. The fourth-order valence-electron chi connectivity index (χ4n) is 3.77. The van der Waals surface area contributed by atoms with Gasteiger partial charge in [-0.3, -0.25) is 0 Å². The lowest BCUT2D eigenvalue weighted by Gasteiger charge is -2.54. The highest BCUT2D eigenvalue weighted by atomic mass is 19.1. The maximum absolute atomic E-state index is 12.4. The number of aryl methyl sites for hydroxylation is 2. The minimum atomic E-state index is -0.789. The summed E-state index contributed by atoms with van der Waals surface area (Å²) in [4.78, 5) is 0. The van der Waals surface area contributed by atoms with E-state index in [0.29, 0.717) is 23.0 Å². The predicted octanol–water partition coefficient (Wildman–Crippen LogP) is 2.12. The van der Waals surface area contributed by atoms with Crippen LogP contribution in [0.15, 0.2) is 22.8 Å². The van der Waals surface area contributed by atoms with Gasteiger partial charge in [-0.1, -0.05) is 19.9 Å². The van der Waals surface area contributed by atoms with E-state index >= 15 is 0 Å². The summed E-state index contributed by atoms with van der Waals surface area (Å²) >= 11 is 0. The van der Waals surface area contributed by atoms with Gasteiger partial charge in [0, 0.05) is 19.1 Å². The van der Waals surface area contributed by atoms with Crippen molar-refractivity contribution in [3.63, 3.8) is 0 Å². The Morgan fingerprint density at radius 2 is 1.96 bits per heavy atom. The predicted molar refractivity (Wildman–Crippen MR) is 103 cm³/mol. The molecule has 1 unspecified atom stereocenters. The van der Waals surface area contributed by atoms with E-state index in [-0.39, 0.29) is 5.82 Å². The molecule has 1 atom stereocenters. The van der Waals surface area contributed by atoms with Crippen LogP contribution in [0, 0.1) is 11.2 Å². The number of halogens is 1. The topological polar surface area (TPSA) is 121 Å². The first-order chi connectivity index (χ1) is 13.6. The SMILES string of the molecule is CC.Fc1ccc2c(c1)CC2.NC(NO)c1nonc1NC1CC2(CNC2)C1. The first-order valence-corrected chi connectivity index (χ1v) is 9.81. The molecule has 1 spiro atoms. The Morgan fingerprint density at radius 3 is 2.46 bits per heavy atom. The summed E-state index contributed by atoms with van der Waals surface area (Å²) in [7, 11) is 0. The van der Waals surface area contributed by atoms with Gasteiger partial charge >= 0.3 is 0 Å². The normalized spacial score (nSPS) is 19.5. The molecule has 1 aromatic heterocycles. The third-order valence-electron chi connectivity index (χ3n) is 5.48. The van der Waals surface area contributed by atoms with Crippen molar-refractivity contribution in [3.05, 3.63) is 40.8 Å². The largest absolute Gasteiger partial charge is 0.363 e. The lowest BCUT2D eigenvalue weighted by atomic mass is 9.62. The molecule has 0 bridgehead atoms. The molecule has 154 valence electrons. The van der Waals surface area contributed by atoms with Crippen molar-refractivity contribution in [1.82, 2.24) is 21.1 Å². The van der Waals surface area contributed by atoms with E-state index in [2.05, 4.69) is 25.6 Å². The molecule has 0 amide bonds. The monoisotopic (exact) mass is 392 g/mol. The smallest absolute Gasteiger partial charge is 0.197 e. The summed E-state index contributed by atoms with van der Waals surface area (Å²) in [5.41, 5.74) is 10.9. The number of rotatable bonds is 4. The van der Waals surface area contributed by atoms with Crippen LogP contribution in [0.5, 0.6) is 0 Å². The zero-order chi connectivity index (χ0) is 20.1. The van der Waals surface area contributed by atoms with Crippen molar-refractivity contribution in [2.45, 2.75) is 51.7 Å². The maximum Gasteiger partial charge on any atom is 0.197 e. The highest BCUT2D eigenvalue weighted by Crippen LogP contribution is 2.45. The number of hydrogen-bond acceptors (Lipinski definition) is 8. The fraction of sp³-hybridized carbons (Fsp3) is 0.579. The summed E-state index contributed by atoms with van der Waals surface area (Å²) in [5.74, 6) is 0.402. The molecule has 1 aliphatic heterocycles. The van der Waals surface area contributed by atoms with Crippen LogP contribution in [-0.4, -0.2) is 34.7 Å². The molecule has 2 heterocycles. The summed E-state index contributed by atoms with van der Waals surface area (Å²) < 4.78 is 17.0. The molecule has 2 aliphatic carbocycles. The molecule has 6 N–H and O–H groups in total. The van der Waals surface area contributed by atoms with Crippen molar-refractivity contribution >= 4 is 5.82 Å². The molecule has 2 aromatic rings. The zero-order valence-electron chi connectivity index (χ0n) is 16.3. The second kappa shape index (κ2) is 8.95. The van der Waals surface area contributed by atoms with Crippen LogP contribution < -0.4 is 21.8 Å². The van der Waals surface area contributed by atoms with Crippen molar-refractivity contribution < 1.29 is 14.2 Å². The summed E-state index contributed by atoms with van der Waals surface area (Å²) in [6.07, 6.45) is 3.65. The molecule has 1 saturated heterocycles. The molecular weight excluding hydrogens is 363 g/mol. The van der Waals surface area contributed by atoms with E-state index in [0.717, 1.165) is 38.8 Å². The van der Waals surface area contributed by atoms with Gasteiger partial charge in [-0.05, 0) is 64.7 Å². The van der Waals surface area contributed by atoms with Gasteiger partial charge in [-0.2, -0.15) is 5.48 Å². The van der Waals surface area contributed by atoms with Gasteiger partial charge in [0.1, 0.15) is 12.0 Å². The van der Waals surface area contributed by atoms with Crippen LogP contribution in [0.4, 0.5) is 10.2 Å². The highest BCUT2D eigenvalue weighted by molar-refractivity contribution is 5.41. The maximum atomic E-state index is 12.4. The van der Waals surface area contributed by atoms with E-state index in [4.69, 9.17) is 10.9 Å². The number of anilines is 1. The van der Waals surface area contributed by atoms with Crippen LogP contribution in [0.3, 0.4) is 0 Å². The first kappa shape index (κ1) is 20.7. The molecular formula is C19H29FN6O2. The quantitative estimate of drug-likeness (QED) is 0.396. The fourth-order valence-corrected chi connectivity index (χ4v) is 3.77. The lowest BCUT2D eigenvalue weighted by molar-refractivity contribution is 0.0467. The number of nitrogens with two attached hydrogens (primary N) is 1. The van der Waals surface area contributed by atoms with Gasteiger partial charge in [-0.25, -0.2) is 9.02 Å². The molecule has 1 aromatic carbocycles. The highest BCUT2D eigenvalue weighted by Gasteiger charge is 2.48. The molecule has 1 saturated carbocycles. The van der Waals surface area contributed by atoms with Crippen LogP contribution >= 0.6 is 0 Å². The molecule has 2 fully saturated rings. The Morgan fingerprint density at radius 1 is 1.25 bits per heavy atom. The molecule has 28 heavy (non-hydrogen) atoms. The Hall–Kier alpha value is -2.07. The summed E-state index contributed by atoms with van der Waals surface area (Å²) in [6.45, 7) is 6.21. The lowest BCUT2D eigenvalue weighted by Crippen LogP contribution is -2.63. The van der Waals surface area contributed by atoms with Crippen LogP contribution in [0.2, 0.25) is 0 Å². The van der Waals surface area contributed by atoms with Gasteiger partial charge in [0.05, 0.1) is 0 Å². The van der Waals surface area contributed by atoms with E-state index in [1.807, 2.05) is 25.4 Å². The summed E-state index contributed by atoms with van der Waals surface area (Å²) in [6, 6.07) is 5.40. The molecule has 9 heteroatoms. The van der Waals surface area contributed by atoms with Crippen LogP contribution in [0.1, 0.15) is 49.7 Å². The van der Waals surface area contributed by atoms with E-state index in [1.165, 1.54) is 17.2 Å². The van der Waals surface area contributed by atoms with Crippen molar-refractivity contribution in [2.75, 3.05) is 18.4 Å². The molecule has 0 radical (unpaired) electrons. The van der Waals surface area contributed by atoms with E-state index in [9.17, 15) is 4.39 Å². The standard InChI is InChI=1S/C9H16N6O2.C8H7F.C2H6/c10-7(13-16)6-8(15-17-14-6)12-5-1-9(2-5)3-11-4-9;9-8-4-3-6-1-2-7(6)5-8;1-2/h5,7,11,13,16H,1-4,10H2,(H,12,15);3-5H,1-2H2;1-2H3. The Balaban J connectivity index is 0.000000172. The average Bonchev–Trinajstić information content (AvgIpc) is 3.09. The minimum Gasteiger partial charge on any atom is -0.363 e. The van der Waals surface area contributed by atoms with Crippen LogP contribution in [-0.2, 0) is 12.8 Å². The van der Waals surface area contributed by atoms with E-state index in [1.54, 1.807) is 6.07 Å². The van der Waals surface area contributed by atoms with Crippen molar-refractivity contribution in [1.29, 1.82) is 0 Å². The second-order valence-corrected chi connectivity index (χ2v) is 7.37. The second-order valence-electron chi connectivity index (χ2n) is 7.37. The number of benzene rings is 1. The van der Waals surface area contributed by atoms with Gasteiger partial charge in [-0.15, -0.1) is 0 Å². The van der Waals surface area contributed by atoms with Gasteiger partial charge in [0.2, 0.25) is 0 Å². The molecule has 3 aliphatic rings. The van der Waals surface area contributed by atoms with Crippen molar-refractivity contribution in [2.24, 2.45) is 11.1 Å². The number of nitrogens with one attached hydrogen (secondary N) is 3. The third kappa shape index (κ3) is 4.33. The molecule has 5 rings (SSSR count). The Kier molecular flexibility index (Phi) is 6.61. The number of nitrogens with zero attached hydrogens (tertiary/aromatic N) is 2. The Labute approximate surface area is 164 Å². The minimum absolute atomic E-state index is 0.103. The van der Waals surface area contributed by atoms with Gasteiger partial charge in [0.25, 0.3) is 0 Å². The average molecular weight is 392 g/mol. The Bertz CT molecular complexity index is 772. The molecule has 8 nitrogen and oxygen atoms in total. The van der Waals surface area contributed by atoms with Gasteiger partial charge < -0.3 is 21.6 Å². The zero-order valence-corrected chi connectivity index (χ0v) is 16.3. The number of hydroxylamine groups is 1. The van der Waals surface area contributed by atoms with Crippen molar-refractivity contribution in [3.8, 4) is 0 Å². The van der Waals surface area contributed by atoms with Crippen LogP contribution in [0.25, 0.3) is 0 Å². The third-order valence-corrected chi connectivity index (χ3v) is 5.48. The van der Waals surface area contributed by atoms with Gasteiger partial charge in [0.15, 0.2) is 11.5 Å². The summed E-state index contributed by atoms with van der Waals surface area (Å²) in [5, 5.41) is 22.7. The number of fused-ring (bicyclic) bond motifs is 1.